The third kappa shape index (κ3) is 4.21. The van der Waals surface area contributed by atoms with Gasteiger partial charge in [-0.3, -0.25) is 4.68 Å². The molecule has 1 aliphatic heterocycles. The number of ether oxygens (including phenoxy) is 1. The zero-order valence-electron chi connectivity index (χ0n) is 22.4. The molecule has 206 valence electrons. The van der Waals surface area contributed by atoms with Crippen LogP contribution in [0.1, 0.15) is 62.8 Å². The molecule has 2 N–H and O–H groups in total. The van der Waals surface area contributed by atoms with Crippen molar-refractivity contribution in [2.24, 2.45) is 5.92 Å². The Morgan fingerprint density at radius 2 is 1.93 bits per heavy atom. The van der Waals surface area contributed by atoms with Gasteiger partial charge in [-0.25, -0.2) is 13.4 Å². The van der Waals surface area contributed by atoms with Crippen LogP contribution in [0.25, 0.3) is 10.9 Å². The minimum Gasteiger partial charge on any atom is -0.472 e. The quantitative estimate of drug-likeness (QED) is 0.313. The fourth-order valence-electron chi connectivity index (χ4n) is 5.81. The number of nitriles is 1. The fourth-order valence-corrected chi connectivity index (χ4v) is 7.53. The van der Waals surface area contributed by atoms with Crippen LogP contribution in [-0.4, -0.2) is 33.0 Å². The number of hydrogen-bond donors (Lipinski definition) is 2. The molecule has 6 rings (SSSR count). The van der Waals surface area contributed by atoms with Gasteiger partial charge < -0.3 is 15.2 Å². The van der Waals surface area contributed by atoms with Crippen LogP contribution in [0, 0.1) is 17.2 Å². The third-order valence-electron chi connectivity index (χ3n) is 8.22. The van der Waals surface area contributed by atoms with Gasteiger partial charge in [-0.1, -0.05) is 43.2 Å². The number of aliphatic hydroxyl groups is 1. The molecule has 3 heterocycles. The maximum atomic E-state index is 13.0. The maximum absolute atomic E-state index is 13.0. The van der Waals surface area contributed by atoms with E-state index in [0.717, 1.165) is 36.8 Å². The predicted molar refractivity (Wildman–Crippen MR) is 151 cm³/mol. The summed E-state index contributed by atoms with van der Waals surface area (Å²) in [6, 6.07) is 18.9. The highest BCUT2D eigenvalue weighted by Gasteiger charge is 2.51. The van der Waals surface area contributed by atoms with E-state index >= 15 is 0 Å². The molecule has 0 amide bonds. The average Bonchev–Trinajstić information content (AvgIpc) is 3.39. The molecule has 9 nitrogen and oxygen atoms in total. The Balaban J connectivity index is 1.44. The molecule has 2 aliphatic rings. The monoisotopic (exact) mass is 557 g/mol. The summed E-state index contributed by atoms with van der Waals surface area (Å²) in [5.41, 5.74) is 2.74. The number of nitrogens with zero attached hydrogens (tertiary/aromatic N) is 4. The van der Waals surface area contributed by atoms with E-state index in [1.165, 1.54) is 19.9 Å². The molecular weight excluding hydrogens is 526 g/mol. The average molecular weight is 558 g/mol. The molecule has 10 heteroatoms. The molecule has 1 fully saturated rings. The van der Waals surface area contributed by atoms with Crippen molar-refractivity contribution in [2.45, 2.75) is 67.9 Å². The molecule has 1 aliphatic carbocycles. The van der Waals surface area contributed by atoms with Gasteiger partial charge in [-0.15, -0.1) is 0 Å². The maximum Gasteiger partial charge on any atom is 0.227 e. The summed E-state index contributed by atoms with van der Waals surface area (Å²) in [6.07, 6.45) is 4.22. The fraction of sp³-hybridized carbons (Fsp3) is 0.367. The number of anilines is 2. The van der Waals surface area contributed by atoms with E-state index < -0.39 is 20.7 Å². The molecular formula is C30H31N5O4S. The van der Waals surface area contributed by atoms with Gasteiger partial charge in [0.1, 0.15) is 16.7 Å². The van der Waals surface area contributed by atoms with E-state index in [0.29, 0.717) is 34.9 Å². The van der Waals surface area contributed by atoms with E-state index in [-0.39, 0.29) is 16.9 Å². The lowest BCUT2D eigenvalue weighted by atomic mass is 9.85. The summed E-state index contributed by atoms with van der Waals surface area (Å²) in [5, 5.41) is 29.7. The van der Waals surface area contributed by atoms with Gasteiger partial charge >= 0.3 is 0 Å². The Labute approximate surface area is 233 Å². The number of benzene rings is 2. The van der Waals surface area contributed by atoms with Crippen molar-refractivity contribution in [1.29, 1.82) is 5.26 Å². The van der Waals surface area contributed by atoms with Crippen LogP contribution in [0.3, 0.4) is 0 Å². The summed E-state index contributed by atoms with van der Waals surface area (Å²) in [5.74, 6) is 0.737. The van der Waals surface area contributed by atoms with Crippen LogP contribution in [-0.2, 0) is 16.4 Å². The van der Waals surface area contributed by atoms with Gasteiger partial charge in [0, 0.05) is 17.4 Å². The Kier molecular flexibility index (Phi) is 6.51. The smallest absolute Gasteiger partial charge is 0.227 e. The predicted octanol–water partition coefficient (Wildman–Crippen LogP) is 5.61. The van der Waals surface area contributed by atoms with Gasteiger partial charge in [0.05, 0.1) is 34.5 Å². The van der Waals surface area contributed by atoms with Crippen LogP contribution < -0.4 is 10.1 Å². The first-order valence-electron chi connectivity index (χ1n) is 13.5. The summed E-state index contributed by atoms with van der Waals surface area (Å²) < 4.78 is 32.8. The number of hydrogen-bond acceptors (Lipinski definition) is 8. The van der Waals surface area contributed by atoms with Gasteiger partial charge in [0.15, 0.2) is 15.7 Å². The Morgan fingerprint density at radius 3 is 2.70 bits per heavy atom. The molecule has 3 atom stereocenters. The first-order chi connectivity index (χ1) is 19.2. The summed E-state index contributed by atoms with van der Waals surface area (Å²) >= 11 is 0. The Hall–Kier alpha value is -3.94. The normalized spacial score (nSPS) is 22.9. The number of pyridine rings is 1. The van der Waals surface area contributed by atoms with Gasteiger partial charge in [0.25, 0.3) is 0 Å². The molecule has 3 unspecified atom stereocenters. The van der Waals surface area contributed by atoms with Crippen molar-refractivity contribution in [3.8, 4) is 11.9 Å². The van der Waals surface area contributed by atoms with Gasteiger partial charge in [-0.2, -0.15) is 10.4 Å². The number of aromatic nitrogens is 3. The molecule has 2 aromatic heterocycles. The third-order valence-corrected chi connectivity index (χ3v) is 10.8. The lowest BCUT2D eigenvalue weighted by Crippen LogP contribution is -2.32. The van der Waals surface area contributed by atoms with Crippen molar-refractivity contribution in [3.05, 3.63) is 71.9 Å². The van der Waals surface area contributed by atoms with Crippen LogP contribution in [0.2, 0.25) is 0 Å². The van der Waals surface area contributed by atoms with E-state index in [1.54, 1.807) is 18.3 Å². The second kappa shape index (κ2) is 9.91. The highest BCUT2D eigenvalue weighted by atomic mass is 32.2. The number of aliphatic hydroxyl groups excluding tert-OH is 1. The van der Waals surface area contributed by atoms with Crippen molar-refractivity contribution < 1.29 is 18.3 Å². The molecule has 1 saturated carbocycles. The van der Waals surface area contributed by atoms with Crippen molar-refractivity contribution in [2.75, 3.05) is 5.32 Å². The second-order valence-corrected chi connectivity index (χ2v) is 13.6. The van der Waals surface area contributed by atoms with E-state index in [2.05, 4.69) is 16.4 Å². The SMILES string of the molecule is CC1(C)C(O)c2cc(Nc3nn(C4CCCCC4C#N)c4ccnc(OCc5ccccc5)c34)ccc2S1(=O)=O. The lowest BCUT2D eigenvalue weighted by molar-refractivity contribution is 0.144. The highest BCUT2D eigenvalue weighted by Crippen LogP contribution is 2.48. The first kappa shape index (κ1) is 26.3. The van der Waals surface area contributed by atoms with Crippen LogP contribution in [0.5, 0.6) is 5.88 Å². The molecule has 4 aromatic rings. The molecule has 0 saturated heterocycles. The van der Waals surface area contributed by atoms with Crippen LogP contribution in [0.15, 0.2) is 65.7 Å². The van der Waals surface area contributed by atoms with Crippen LogP contribution >= 0.6 is 0 Å². The van der Waals surface area contributed by atoms with Crippen molar-refractivity contribution >= 4 is 32.2 Å². The zero-order valence-corrected chi connectivity index (χ0v) is 23.2. The minimum atomic E-state index is -3.68. The topological polar surface area (TPSA) is 130 Å². The van der Waals surface area contributed by atoms with Crippen molar-refractivity contribution in [1.82, 2.24) is 14.8 Å². The first-order valence-corrected chi connectivity index (χ1v) is 15.0. The second-order valence-electron chi connectivity index (χ2n) is 11.1. The largest absolute Gasteiger partial charge is 0.472 e. The number of nitrogens with one attached hydrogen (secondary N) is 1. The summed E-state index contributed by atoms with van der Waals surface area (Å²) in [6.45, 7) is 3.39. The number of fused-ring (bicyclic) bond motifs is 2. The molecule has 0 spiro atoms. The van der Waals surface area contributed by atoms with Gasteiger partial charge in [-0.05, 0) is 56.5 Å². The highest BCUT2D eigenvalue weighted by molar-refractivity contribution is 7.93. The van der Waals surface area contributed by atoms with Gasteiger partial charge in [0.2, 0.25) is 5.88 Å². The Morgan fingerprint density at radius 1 is 1.15 bits per heavy atom. The summed E-state index contributed by atoms with van der Waals surface area (Å²) in [7, 11) is -3.68. The standard InChI is InChI=1S/C30H31N5O4S/c1-30(2)27(36)22-16-21(12-13-25(22)40(30,37)38)33-28-26-24(35(34-28)23-11-7-6-10-20(23)17-31)14-15-32-29(26)39-18-19-8-4-3-5-9-19/h3-5,8-9,12-16,20,23,27,36H,6-7,10-11,18H2,1-2H3,(H,33,34). The zero-order chi connectivity index (χ0) is 28.1. The van der Waals surface area contributed by atoms with Crippen molar-refractivity contribution in [3.63, 3.8) is 0 Å². The lowest BCUT2D eigenvalue weighted by Gasteiger charge is -2.27. The molecule has 0 bridgehead atoms. The van der Waals surface area contributed by atoms with E-state index in [1.807, 2.05) is 41.1 Å². The number of rotatable bonds is 6. The molecule has 40 heavy (non-hydrogen) atoms. The molecule has 0 radical (unpaired) electrons. The van der Waals surface area contributed by atoms with E-state index in [4.69, 9.17) is 9.84 Å². The van der Waals surface area contributed by atoms with E-state index in [9.17, 15) is 18.8 Å². The molecule has 2 aromatic carbocycles. The van der Waals surface area contributed by atoms with Crippen LogP contribution in [0.4, 0.5) is 11.5 Å². The Bertz CT molecular complexity index is 1730. The number of sulfone groups is 1. The summed E-state index contributed by atoms with van der Waals surface area (Å²) in [4.78, 5) is 4.67. The minimum absolute atomic E-state index is 0.0889.